The van der Waals surface area contributed by atoms with E-state index in [4.69, 9.17) is 37.8 Å². The average molecular weight is 542 g/mol. The standard InChI is InChI=1S/C27H26Cl2N4O2S/c1-3-7-25-31-32-27(36-18-19-12-14-22(28)15-13-19)33(25)30-16-20-9-6-11-24(34-2)26(20)35-17-21-8-4-5-10-23(21)29/h4-6,8-16H,3,7,17-18H2,1-2H3/b30-16+. The SMILES string of the molecule is CCCc1nnc(SCc2ccc(Cl)cc2)n1/N=C/c1cccc(OC)c1OCc1ccccc1Cl. The monoisotopic (exact) mass is 540 g/mol. The molecule has 0 aliphatic carbocycles. The van der Waals surface area contributed by atoms with Gasteiger partial charge in [-0.1, -0.05) is 78.3 Å². The Bertz CT molecular complexity index is 1330. The van der Waals surface area contributed by atoms with E-state index in [1.165, 1.54) is 0 Å². The molecule has 1 aromatic heterocycles. The molecule has 0 aliphatic rings. The van der Waals surface area contributed by atoms with Gasteiger partial charge in [0.1, 0.15) is 6.61 Å². The fraction of sp³-hybridized carbons (Fsp3) is 0.222. The predicted molar refractivity (Wildman–Crippen MR) is 147 cm³/mol. The first-order valence-electron chi connectivity index (χ1n) is 11.5. The van der Waals surface area contributed by atoms with Gasteiger partial charge in [-0.05, 0) is 42.3 Å². The van der Waals surface area contributed by atoms with Crippen molar-refractivity contribution in [3.05, 3.63) is 99.3 Å². The van der Waals surface area contributed by atoms with Gasteiger partial charge in [0.15, 0.2) is 17.3 Å². The topological polar surface area (TPSA) is 61.5 Å². The van der Waals surface area contributed by atoms with Crippen LogP contribution in [0, 0.1) is 0 Å². The van der Waals surface area contributed by atoms with Crippen LogP contribution in [0.5, 0.6) is 11.5 Å². The van der Waals surface area contributed by atoms with Crippen molar-refractivity contribution in [2.75, 3.05) is 7.11 Å². The Morgan fingerprint density at radius 1 is 1.00 bits per heavy atom. The van der Waals surface area contributed by atoms with Crippen LogP contribution in [0.3, 0.4) is 0 Å². The maximum atomic E-state index is 6.32. The number of methoxy groups -OCH3 is 1. The van der Waals surface area contributed by atoms with Gasteiger partial charge >= 0.3 is 0 Å². The van der Waals surface area contributed by atoms with E-state index in [1.54, 1.807) is 29.8 Å². The number of nitrogens with zero attached hydrogens (tertiary/aromatic N) is 4. The number of thioether (sulfide) groups is 1. The first-order valence-corrected chi connectivity index (χ1v) is 13.2. The lowest BCUT2D eigenvalue weighted by Crippen LogP contribution is -2.03. The first kappa shape index (κ1) is 26.1. The number of rotatable bonds is 11. The van der Waals surface area contributed by atoms with Gasteiger partial charge < -0.3 is 9.47 Å². The number of halogens is 2. The molecule has 0 radical (unpaired) electrons. The molecule has 36 heavy (non-hydrogen) atoms. The molecule has 0 saturated heterocycles. The van der Waals surface area contributed by atoms with Gasteiger partial charge in [-0.3, -0.25) is 0 Å². The Kier molecular flexibility index (Phi) is 9.28. The fourth-order valence-corrected chi connectivity index (χ4v) is 4.62. The second-order valence-corrected chi connectivity index (χ2v) is 9.67. The van der Waals surface area contributed by atoms with Gasteiger partial charge in [0.05, 0.1) is 13.3 Å². The second-order valence-electron chi connectivity index (χ2n) is 7.88. The molecule has 186 valence electrons. The third-order valence-corrected chi connectivity index (χ3v) is 6.91. The van der Waals surface area contributed by atoms with Gasteiger partial charge in [-0.2, -0.15) is 9.78 Å². The van der Waals surface area contributed by atoms with Crippen LogP contribution in [0.15, 0.2) is 77.0 Å². The summed E-state index contributed by atoms with van der Waals surface area (Å²) in [5.41, 5.74) is 2.80. The van der Waals surface area contributed by atoms with Crippen molar-refractivity contribution in [2.24, 2.45) is 5.10 Å². The van der Waals surface area contributed by atoms with E-state index in [9.17, 15) is 0 Å². The van der Waals surface area contributed by atoms with Crippen molar-refractivity contribution < 1.29 is 9.47 Å². The number of aromatic nitrogens is 3. The highest BCUT2D eigenvalue weighted by Crippen LogP contribution is 2.32. The number of aryl methyl sites for hydroxylation is 1. The first-order chi connectivity index (χ1) is 17.6. The van der Waals surface area contributed by atoms with Crippen LogP contribution in [0.25, 0.3) is 0 Å². The zero-order valence-corrected chi connectivity index (χ0v) is 22.4. The molecule has 0 atom stereocenters. The van der Waals surface area contributed by atoms with Crippen molar-refractivity contribution in [1.82, 2.24) is 14.9 Å². The number of benzene rings is 3. The molecule has 1 heterocycles. The number of para-hydroxylation sites is 1. The van der Waals surface area contributed by atoms with Crippen molar-refractivity contribution in [2.45, 2.75) is 37.3 Å². The van der Waals surface area contributed by atoms with Crippen LogP contribution >= 0.6 is 35.0 Å². The van der Waals surface area contributed by atoms with Crippen LogP contribution < -0.4 is 9.47 Å². The van der Waals surface area contributed by atoms with Crippen molar-refractivity contribution in [3.63, 3.8) is 0 Å². The molecule has 0 bridgehead atoms. The van der Waals surface area contributed by atoms with Crippen molar-refractivity contribution >= 4 is 41.2 Å². The highest BCUT2D eigenvalue weighted by atomic mass is 35.5. The van der Waals surface area contributed by atoms with Gasteiger partial charge in [-0.15, -0.1) is 10.2 Å². The number of hydrogen-bond donors (Lipinski definition) is 0. The molecule has 0 saturated carbocycles. The smallest absolute Gasteiger partial charge is 0.212 e. The summed E-state index contributed by atoms with van der Waals surface area (Å²) in [7, 11) is 1.61. The van der Waals surface area contributed by atoms with E-state index in [-0.39, 0.29) is 0 Å². The van der Waals surface area contributed by atoms with E-state index in [1.807, 2.05) is 66.7 Å². The largest absolute Gasteiger partial charge is 0.493 e. The Morgan fingerprint density at radius 2 is 1.81 bits per heavy atom. The second kappa shape index (κ2) is 12.8. The van der Waals surface area contributed by atoms with E-state index in [2.05, 4.69) is 17.1 Å². The summed E-state index contributed by atoms with van der Waals surface area (Å²) in [5.74, 6) is 2.72. The van der Waals surface area contributed by atoms with Crippen molar-refractivity contribution in [1.29, 1.82) is 0 Å². The Balaban J connectivity index is 1.59. The quantitative estimate of drug-likeness (QED) is 0.147. The van der Waals surface area contributed by atoms with Gasteiger partial charge in [0.2, 0.25) is 5.16 Å². The molecule has 6 nitrogen and oxygen atoms in total. The average Bonchev–Trinajstić information content (AvgIpc) is 3.28. The minimum Gasteiger partial charge on any atom is -0.493 e. The molecule has 0 aliphatic heterocycles. The molecule has 0 spiro atoms. The number of ether oxygens (including phenoxy) is 2. The van der Waals surface area contributed by atoms with Gasteiger partial charge in [-0.25, -0.2) is 0 Å². The fourth-order valence-electron chi connectivity index (χ4n) is 3.44. The van der Waals surface area contributed by atoms with Gasteiger partial charge in [0, 0.05) is 33.3 Å². The summed E-state index contributed by atoms with van der Waals surface area (Å²) < 4.78 is 13.5. The van der Waals surface area contributed by atoms with Crippen LogP contribution in [0.4, 0.5) is 0 Å². The normalized spacial score (nSPS) is 11.2. The summed E-state index contributed by atoms with van der Waals surface area (Å²) >= 11 is 13.9. The van der Waals surface area contributed by atoms with Crippen LogP contribution in [-0.4, -0.2) is 28.2 Å². The highest BCUT2D eigenvalue weighted by molar-refractivity contribution is 7.98. The Hall–Kier alpha value is -3.00. The zero-order valence-electron chi connectivity index (χ0n) is 20.0. The molecule has 9 heteroatoms. The van der Waals surface area contributed by atoms with Crippen LogP contribution in [0.2, 0.25) is 10.0 Å². The maximum Gasteiger partial charge on any atom is 0.212 e. The third kappa shape index (κ3) is 6.60. The highest BCUT2D eigenvalue weighted by Gasteiger charge is 2.14. The molecule has 0 fully saturated rings. The number of hydrogen-bond acceptors (Lipinski definition) is 6. The summed E-state index contributed by atoms with van der Waals surface area (Å²) in [6, 6.07) is 21.1. The summed E-state index contributed by atoms with van der Waals surface area (Å²) in [6.45, 7) is 2.41. The summed E-state index contributed by atoms with van der Waals surface area (Å²) in [6.07, 6.45) is 3.44. The Labute approximate surface area is 225 Å². The molecular formula is C27H26Cl2N4O2S. The zero-order chi connectivity index (χ0) is 25.3. The predicted octanol–water partition coefficient (Wildman–Crippen LogP) is 7.30. The van der Waals surface area contributed by atoms with Gasteiger partial charge in [0.25, 0.3) is 0 Å². The summed E-state index contributed by atoms with van der Waals surface area (Å²) in [5, 5.41) is 15.6. The van der Waals surface area contributed by atoms with E-state index >= 15 is 0 Å². The van der Waals surface area contributed by atoms with Crippen molar-refractivity contribution in [3.8, 4) is 11.5 Å². The minimum atomic E-state index is 0.302. The minimum absolute atomic E-state index is 0.302. The van der Waals surface area contributed by atoms with E-state index in [0.717, 1.165) is 41.1 Å². The molecule has 4 aromatic rings. The van der Waals surface area contributed by atoms with E-state index < -0.39 is 0 Å². The molecule has 0 amide bonds. The lowest BCUT2D eigenvalue weighted by Gasteiger charge is -2.14. The third-order valence-electron chi connectivity index (χ3n) is 5.30. The van der Waals surface area contributed by atoms with E-state index in [0.29, 0.717) is 33.3 Å². The lowest BCUT2D eigenvalue weighted by molar-refractivity contribution is 0.284. The van der Waals surface area contributed by atoms with Crippen LogP contribution in [-0.2, 0) is 18.8 Å². The molecular weight excluding hydrogens is 515 g/mol. The Morgan fingerprint density at radius 3 is 2.56 bits per heavy atom. The lowest BCUT2D eigenvalue weighted by atomic mass is 10.2. The van der Waals surface area contributed by atoms with Crippen LogP contribution in [0.1, 0.15) is 35.9 Å². The maximum absolute atomic E-state index is 6.32. The molecule has 0 N–H and O–H groups in total. The molecule has 3 aromatic carbocycles. The molecule has 4 rings (SSSR count). The summed E-state index contributed by atoms with van der Waals surface area (Å²) in [4.78, 5) is 0. The molecule has 0 unspecified atom stereocenters.